The van der Waals surface area contributed by atoms with Crippen molar-refractivity contribution >= 4 is 5.69 Å². The molecule has 1 aromatic heterocycles. The van der Waals surface area contributed by atoms with Crippen molar-refractivity contribution in [1.29, 1.82) is 0 Å². The Hall–Kier alpha value is -1.05. The van der Waals surface area contributed by atoms with Gasteiger partial charge in [0.1, 0.15) is 0 Å². The molecule has 0 atom stereocenters. The van der Waals surface area contributed by atoms with Gasteiger partial charge in [-0.25, -0.2) is 0 Å². The SMILES string of the molecule is [2H]C([2H])([2H])C(c1cncc(N)c1)(C([2H])([2H])[2H])C([2H])([2H])[2H]. The maximum absolute atomic E-state index is 7.50. The van der Waals surface area contributed by atoms with E-state index < -0.39 is 31.5 Å². The number of pyridine rings is 1. The Balaban J connectivity index is 3.82. The van der Waals surface area contributed by atoms with Crippen LogP contribution in [0.15, 0.2) is 18.5 Å². The number of aromatic nitrogens is 1. The topological polar surface area (TPSA) is 38.9 Å². The molecule has 0 unspecified atom stereocenters. The fourth-order valence-electron chi connectivity index (χ4n) is 0.663. The first-order valence-electron chi connectivity index (χ1n) is 7.46. The highest BCUT2D eigenvalue weighted by molar-refractivity contribution is 5.39. The Kier molecular flexibility index (Phi) is 0.511. The summed E-state index contributed by atoms with van der Waals surface area (Å²) < 4.78 is 67.5. The molecular formula is C9H14N2. The third-order valence-electron chi connectivity index (χ3n) is 1.19. The fourth-order valence-corrected chi connectivity index (χ4v) is 0.663. The summed E-state index contributed by atoms with van der Waals surface area (Å²) in [6, 6.07) is 1.03. The second-order valence-electron chi connectivity index (χ2n) is 2.26. The van der Waals surface area contributed by atoms with Crippen molar-refractivity contribution in [2.45, 2.75) is 26.0 Å². The highest BCUT2D eigenvalue weighted by atomic mass is 14.7. The molecule has 0 radical (unpaired) electrons. The van der Waals surface area contributed by atoms with Crippen LogP contribution in [-0.2, 0) is 5.41 Å². The van der Waals surface area contributed by atoms with Gasteiger partial charge in [-0.05, 0) is 17.0 Å². The van der Waals surface area contributed by atoms with Crippen LogP contribution in [0.3, 0.4) is 0 Å². The zero-order chi connectivity index (χ0) is 16.0. The van der Waals surface area contributed by atoms with Crippen molar-refractivity contribution in [2.75, 3.05) is 5.73 Å². The van der Waals surface area contributed by atoms with Crippen molar-refractivity contribution < 1.29 is 12.3 Å². The van der Waals surface area contributed by atoms with Crippen molar-refractivity contribution in [3.63, 3.8) is 0 Å². The van der Waals surface area contributed by atoms with Crippen LogP contribution < -0.4 is 5.73 Å². The predicted octanol–water partition coefficient (Wildman–Crippen LogP) is 1.96. The number of nitrogen functional groups attached to an aromatic ring is 1. The molecular weight excluding hydrogens is 136 g/mol. The molecule has 0 aliphatic carbocycles. The zero-order valence-corrected chi connectivity index (χ0v) is 5.76. The minimum atomic E-state index is -3.29. The van der Waals surface area contributed by atoms with Crippen LogP contribution in [0.25, 0.3) is 0 Å². The number of hydrogen-bond acceptors (Lipinski definition) is 2. The molecule has 0 aliphatic rings. The monoisotopic (exact) mass is 159 g/mol. The number of anilines is 1. The summed E-state index contributed by atoms with van der Waals surface area (Å²) >= 11 is 0. The van der Waals surface area contributed by atoms with Crippen LogP contribution in [0.5, 0.6) is 0 Å². The van der Waals surface area contributed by atoms with E-state index in [1.807, 2.05) is 0 Å². The molecule has 0 spiro atoms. The Labute approximate surface area is 80.1 Å². The molecule has 1 heterocycles. The maximum Gasteiger partial charge on any atom is 0.0503 e. The summed E-state index contributed by atoms with van der Waals surface area (Å²) in [5.74, 6) is 0. The van der Waals surface area contributed by atoms with Crippen LogP contribution in [0.1, 0.15) is 38.5 Å². The van der Waals surface area contributed by atoms with Crippen LogP contribution >= 0.6 is 0 Å². The van der Waals surface area contributed by atoms with E-state index in [0.29, 0.717) is 0 Å². The molecule has 1 aromatic rings. The summed E-state index contributed by atoms with van der Waals surface area (Å²) in [6.07, 6.45) is 2.09. The van der Waals surface area contributed by atoms with Crippen LogP contribution in [0.2, 0.25) is 0 Å². The van der Waals surface area contributed by atoms with E-state index in [1.165, 1.54) is 6.20 Å². The lowest BCUT2D eigenvalue weighted by Crippen LogP contribution is -2.11. The van der Waals surface area contributed by atoms with E-state index in [-0.39, 0.29) is 5.69 Å². The molecule has 2 N–H and O–H groups in total. The Bertz CT molecular complexity index is 449. The minimum Gasteiger partial charge on any atom is -0.397 e. The van der Waals surface area contributed by atoms with E-state index >= 15 is 0 Å². The first-order chi connectivity index (χ1) is 8.75. The second-order valence-corrected chi connectivity index (χ2v) is 2.26. The summed E-state index contributed by atoms with van der Waals surface area (Å²) in [6.45, 7) is -9.88. The van der Waals surface area contributed by atoms with E-state index in [9.17, 15) is 0 Å². The number of rotatable bonds is 0. The molecule has 0 bridgehead atoms. The standard InChI is InChI=1S/C9H14N2/c1-9(2,3)7-4-8(10)6-11-5-7/h4-6H,10H2,1-3H3/i1D3,2D3,3D3. The normalized spacial score (nSPS) is 27.1. The Morgan fingerprint density at radius 2 is 2.18 bits per heavy atom. The first kappa shape index (κ1) is 2.22. The van der Waals surface area contributed by atoms with Crippen molar-refractivity contribution in [2.24, 2.45) is 0 Å². The van der Waals surface area contributed by atoms with Gasteiger partial charge < -0.3 is 5.73 Å². The number of hydrogen-bond donors (Lipinski definition) is 1. The average Bonchev–Trinajstić information content (AvgIpc) is 2.10. The average molecular weight is 159 g/mol. The second kappa shape index (κ2) is 2.53. The third kappa shape index (κ3) is 1.93. The van der Waals surface area contributed by atoms with Crippen molar-refractivity contribution in [3.05, 3.63) is 24.0 Å². The van der Waals surface area contributed by atoms with Gasteiger partial charge in [0.15, 0.2) is 0 Å². The van der Waals surface area contributed by atoms with Crippen LogP contribution in [0.4, 0.5) is 5.69 Å². The maximum atomic E-state index is 7.50. The molecule has 0 aromatic carbocycles. The van der Waals surface area contributed by atoms with E-state index in [0.717, 1.165) is 12.3 Å². The minimum absolute atomic E-state index is 0.00961. The zero-order valence-electron chi connectivity index (χ0n) is 14.8. The van der Waals surface area contributed by atoms with E-state index in [2.05, 4.69) is 4.98 Å². The summed E-state index contributed by atoms with van der Waals surface area (Å²) in [5.41, 5.74) is 1.97. The lowest BCUT2D eigenvalue weighted by molar-refractivity contribution is 0.588. The molecule has 11 heavy (non-hydrogen) atoms. The highest BCUT2D eigenvalue weighted by Crippen LogP contribution is 2.22. The summed E-state index contributed by atoms with van der Waals surface area (Å²) in [7, 11) is 0. The predicted molar refractivity (Wildman–Crippen MR) is 47.3 cm³/mol. The molecule has 0 amide bonds. The van der Waals surface area contributed by atoms with Gasteiger partial charge in [-0.2, -0.15) is 0 Å². The van der Waals surface area contributed by atoms with Gasteiger partial charge in [0.25, 0.3) is 0 Å². The molecule has 2 heteroatoms. The Morgan fingerprint density at radius 1 is 1.45 bits per heavy atom. The van der Waals surface area contributed by atoms with E-state index in [1.54, 1.807) is 0 Å². The molecule has 0 fully saturated rings. The van der Waals surface area contributed by atoms with E-state index in [4.69, 9.17) is 18.1 Å². The molecule has 2 nitrogen and oxygen atoms in total. The van der Waals surface area contributed by atoms with Crippen LogP contribution in [-0.4, -0.2) is 4.98 Å². The molecule has 0 saturated heterocycles. The Morgan fingerprint density at radius 3 is 2.73 bits per heavy atom. The van der Waals surface area contributed by atoms with Gasteiger partial charge in [-0.15, -0.1) is 0 Å². The lowest BCUT2D eigenvalue weighted by Gasteiger charge is -2.18. The van der Waals surface area contributed by atoms with Crippen molar-refractivity contribution in [1.82, 2.24) is 4.98 Å². The van der Waals surface area contributed by atoms with Gasteiger partial charge >= 0.3 is 0 Å². The fraction of sp³-hybridized carbons (Fsp3) is 0.444. The molecule has 0 aliphatic heterocycles. The number of nitrogens with zero attached hydrogens (tertiary/aromatic N) is 1. The van der Waals surface area contributed by atoms with Gasteiger partial charge in [0.2, 0.25) is 0 Å². The smallest absolute Gasteiger partial charge is 0.0503 e. The summed E-state index contributed by atoms with van der Waals surface area (Å²) in [4.78, 5) is 3.62. The van der Waals surface area contributed by atoms with Crippen molar-refractivity contribution in [3.8, 4) is 0 Å². The first-order valence-corrected chi connectivity index (χ1v) is 2.96. The highest BCUT2D eigenvalue weighted by Gasteiger charge is 2.13. The molecule has 0 saturated carbocycles. The van der Waals surface area contributed by atoms with Gasteiger partial charge in [0, 0.05) is 24.7 Å². The lowest BCUT2D eigenvalue weighted by atomic mass is 9.88. The van der Waals surface area contributed by atoms with Crippen LogP contribution in [0, 0.1) is 0 Å². The number of nitrogens with two attached hydrogens (primary N) is 1. The summed E-state index contributed by atoms with van der Waals surface area (Å²) in [5, 5.41) is 0. The van der Waals surface area contributed by atoms with Gasteiger partial charge in [0.05, 0.1) is 5.69 Å². The third-order valence-corrected chi connectivity index (χ3v) is 1.19. The van der Waals surface area contributed by atoms with Gasteiger partial charge in [-0.3, -0.25) is 4.98 Å². The van der Waals surface area contributed by atoms with Gasteiger partial charge in [-0.1, -0.05) is 20.6 Å². The molecule has 1 rings (SSSR count). The molecule has 60 valence electrons. The largest absolute Gasteiger partial charge is 0.397 e. The quantitative estimate of drug-likeness (QED) is 0.628.